The molecule has 4 aromatic rings. The Kier molecular flexibility index (Phi) is 6.05. The number of halogens is 1. The minimum Gasteiger partial charge on any atom is -0.479 e. The van der Waals surface area contributed by atoms with Gasteiger partial charge in [-0.3, -0.25) is 4.79 Å². The van der Waals surface area contributed by atoms with Gasteiger partial charge in [0.15, 0.2) is 6.10 Å². The van der Waals surface area contributed by atoms with E-state index in [1.165, 1.54) is 6.26 Å². The first kappa shape index (κ1) is 20.7. The molecule has 3 aromatic carbocycles. The van der Waals surface area contributed by atoms with Crippen LogP contribution in [0, 0.1) is 0 Å². The van der Waals surface area contributed by atoms with Crippen LogP contribution in [0.2, 0.25) is 5.02 Å². The highest BCUT2D eigenvalue weighted by molar-refractivity contribution is 6.33. The van der Waals surface area contributed by atoms with Crippen LogP contribution in [0.1, 0.15) is 12.5 Å². The van der Waals surface area contributed by atoms with E-state index in [2.05, 4.69) is 0 Å². The van der Waals surface area contributed by atoms with Gasteiger partial charge in [0.05, 0.1) is 10.9 Å². The number of hydrogen-bond acceptors (Lipinski definition) is 5. The minimum atomic E-state index is -0.824. The van der Waals surface area contributed by atoms with E-state index in [0.29, 0.717) is 32.9 Å². The maximum Gasteiger partial charge on any atom is 0.347 e. The first-order valence-electron chi connectivity index (χ1n) is 9.70. The lowest BCUT2D eigenvalue weighted by Gasteiger charge is -2.14. The van der Waals surface area contributed by atoms with Crippen molar-refractivity contribution in [3.8, 4) is 16.9 Å². The van der Waals surface area contributed by atoms with Crippen LogP contribution in [0.5, 0.6) is 5.75 Å². The molecule has 0 aliphatic rings. The molecule has 156 valence electrons. The van der Waals surface area contributed by atoms with Gasteiger partial charge < -0.3 is 13.9 Å². The highest BCUT2D eigenvalue weighted by atomic mass is 35.5. The third kappa shape index (κ3) is 4.62. The molecule has 0 aliphatic heterocycles. The minimum absolute atomic E-state index is 0.171. The fourth-order valence-electron chi connectivity index (χ4n) is 3.15. The van der Waals surface area contributed by atoms with E-state index >= 15 is 0 Å². The van der Waals surface area contributed by atoms with Crippen molar-refractivity contribution in [3.05, 3.63) is 99.9 Å². The summed E-state index contributed by atoms with van der Waals surface area (Å²) in [6, 6.07) is 21.3. The molecule has 1 aromatic heterocycles. The SMILES string of the molecule is CC(Oc1ccc2c(=O)c(-c3ccccc3Cl)coc2c1)C(=O)OCc1ccccc1. The van der Waals surface area contributed by atoms with E-state index in [9.17, 15) is 9.59 Å². The Balaban J connectivity index is 1.50. The molecular formula is C25H19ClO5. The van der Waals surface area contributed by atoms with Crippen molar-refractivity contribution in [2.45, 2.75) is 19.6 Å². The van der Waals surface area contributed by atoms with Crippen molar-refractivity contribution in [2.75, 3.05) is 0 Å². The Morgan fingerprint density at radius 3 is 2.52 bits per heavy atom. The number of hydrogen-bond donors (Lipinski definition) is 0. The zero-order valence-electron chi connectivity index (χ0n) is 16.7. The van der Waals surface area contributed by atoms with Gasteiger partial charge in [-0.2, -0.15) is 0 Å². The van der Waals surface area contributed by atoms with Crippen molar-refractivity contribution in [2.24, 2.45) is 0 Å². The van der Waals surface area contributed by atoms with Crippen LogP contribution in [-0.4, -0.2) is 12.1 Å². The van der Waals surface area contributed by atoms with Gasteiger partial charge in [-0.25, -0.2) is 4.79 Å². The second-order valence-corrected chi connectivity index (χ2v) is 7.38. The second-order valence-electron chi connectivity index (χ2n) is 6.97. The molecule has 31 heavy (non-hydrogen) atoms. The molecule has 0 N–H and O–H groups in total. The number of esters is 1. The molecule has 1 heterocycles. The third-order valence-electron chi connectivity index (χ3n) is 4.78. The van der Waals surface area contributed by atoms with Gasteiger partial charge >= 0.3 is 5.97 Å². The molecule has 1 atom stereocenters. The summed E-state index contributed by atoms with van der Waals surface area (Å²) in [6.07, 6.45) is 0.558. The average Bonchev–Trinajstić information content (AvgIpc) is 2.79. The third-order valence-corrected chi connectivity index (χ3v) is 5.11. The zero-order chi connectivity index (χ0) is 21.8. The normalized spacial score (nSPS) is 11.8. The van der Waals surface area contributed by atoms with Crippen molar-refractivity contribution >= 4 is 28.5 Å². The number of rotatable bonds is 6. The molecule has 5 nitrogen and oxygen atoms in total. The van der Waals surface area contributed by atoms with Crippen LogP contribution in [0.3, 0.4) is 0 Å². The first-order chi connectivity index (χ1) is 15.0. The fraction of sp³-hybridized carbons (Fsp3) is 0.120. The van der Waals surface area contributed by atoms with Gasteiger partial charge in [-0.1, -0.05) is 60.1 Å². The standard InChI is InChI=1S/C25H19ClO5/c1-16(25(28)30-14-17-7-3-2-4-8-17)31-18-11-12-20-23(13-18)29-15-21(24(20)27)19-9-5-6-10-22(19)26/h2-13,15-16H,14H2,1H3. The van der Waals surface area contributed by atoms with Gasteiger partial charge in [0.1, 0.15) is 24.2 Å². The number of ether oxygens (including phenoxy) is 2. The molecule has 6 heteroatoms. The van der Waals surface area contributed by atoms with Crippen molar-refractivity contribution in [1.29, 1.82) is 0 Å². The predicted octanol–water partition coefficient (Wildman–Crippen LogP) is 5.62. The van der Waals surface area contributed by atoms with Crippen molar-refractivity contribution < 1.29 is 18.7 Å². The second kappa shape index (κ2) is 9.06. The summed E-state index contributed by atoms with van der Waals surface area (Å²) >= 11 is 6.21. The number of benzene rings is 3. The van der Waals surface area contributed by atoms with Crippen LogP contribution in [0.15, 0.2) is 88.3 Å². The summed E-state index contributed by atoms with van der Waals surface area (Å²) in [6.45, 7) is 1.78. The number of fused-ring (bicyclic) bond motifs is 1. The Bertz CT molecular complexity index is 1280. The van der Waals surface area contributed by atoms with Crippen LogP contribution in [0.25, 0.3) is 22.1 Å². The first-order valence-corrected chi connectivity index (χ1v) is 10.1. The summed E-state index contributed by atoms with van der Waals surface area (Å²) in [4.78, 5) is 25.1. The largest absolute Gasteiger partial charge is 0.479 e. The molecule has 0 fully saturated rings. The van der Waals surface area contributed by atoms with Crippen molar-refractivity contribution in [3.63, 3.8) is 0 Å². The smallest absolute Gasteiger partial charge is 0.347 e. The lowest BCUT2D eigenvalue weighted by molar-refractivity contribution is -0.152. The monoisotopic (exact) mass is 434 g/mol. The quantitative estimate of drug-likeness (QED) is 0.368. The lowest BCUT2D eigenvalue weighted by Crippen LogP contribution is -2.26. The molecule has 0 saturated carbocycles. The van der Waals surface area contributed by atoms with E-state index in [1.54, 1.807) is 49.4 Å². The Hall–Kier alpha value is -3.57. The summed E-state index contributed by atoms with van der Waals surface area (Å²) in [7, 11) is 0. The van der Waals surface area contributed by atoms with E-state index < -0.39 is 12.1 Å². The molecule has 0 aliphatic carbocycles. The highest BCUT2D eigenvalue weighted by Gasteiger charge is 2.18. The molecular weight excluding hydrogens is 416 g/mol. The summed E-state index contributed by atoms with van der Waals surface area (Å²) < 4.78 is 16.6. The molecule has 0 spiro atoms. The summed E-state index contributed by atoms with van der Waals surface area (Å²) in [5, 5.41) is 0.862. The van der Waals surface area contributed by atoms with Gasteiger partial charge in [0.2, 0.25) is 5.43 Å². The van der Waals surface area contributed by atoms with Gasteiger partial charge in [0, 0.05) is 16.7 Å². The zero-order valence-corrected chi connectivity index (χ0v) is 17.5. The van der Waals surface area contributed by atoms with Gasteiger partial charge in [-0.15, -0.1) is 0 Å². The molecule has 0 bridgehead atoms. The number of carbonyl (C=O) groups is 1. The Morgan fingerprint density at radius 1 is 1.00 bits per heavy atom. The number of carbonyl (C=O) groups excluding carboxylic acids is 1. The molecule has 0 amide bonds. The predicted molar refractivity (Wildman–Crippen MR) is 119 cm³/mol. The Labute approximate surface area is 183 Å². The van der Waals surface area contributed by atoms with E-state index in [0.717, 1.165) is 5.56 Å². The van der Waals surface area contributed by atoms with Crippen LogP contribution in [-0.2, 0) is 16.1 Å². The topological polar surface area (TPSA) is 65.7 Å². The van der Waals surface area contributed by atoms with Crippen LogP contribution >= 0.6 is 11.6 Å². The lowest BCUT2D eigenvalue weighted by atomic mass is 10.1. The van der Waals surface area contributed by atoms with Gasteiger partial charge in [0.25, 0.3) is 0 Å². The van der Waals surface area contributed by atoms with Gasteiger partial charge in [-0.05, 0) is 30.7 Å². The molecule has 1 unspecified atom stereocenters. The fourth-order valence-corrected chi connectivity index (χ4v) is 3.38. The Morgan fingerprint density at radius 2 is 1.74 bits per heavy atom. The van der Waals surface area contributed by atoms with Crippen LogP contribution in [0.4, 0.5) is 0 Å². The average molecular weight is 435 g/mol. The molecule has 4 rings (SSSR count). The molecule has 0 saturated heterocycles. The van der Waals surface area contributed by atoms with E-state index in [4.69, 9.17) is 25.5 Å². The van der Waals surface area contributed by atoms with Crippen LogP contribution < -0.4 is 10.2 Å². The molecule has 0 radical (unpaired) electrons. The van der Waals surface area contributed by atoms with E-state index in [1.807, 2.05) is 30.3 Å². The van der Waals surface area contributed by atoms with Crippen molar-refractivity contribution in [1.82, 2.24) is 0 Å². The maximum atomic E-state index is 12.9. The summed E-state index contributed by atoms with van der Waals surface area (Å²) in [5.74, 6) is -0.0928. The summed E-state index contributed by atoms with van der Waals surface area (Å²) in [5.41, 5.74) is 2.03. The maximum absolute atomic E-state index is 12.9. The highest BCUT2D eigenvalue weighted by Crippen LogP contribution is 2.28. The van der Waals surface area contributed by atoms with E-state index in [-0.39, 0.29) is 12.0 Å².